The molecule has 158 valence electrons. The van der Waals surface area contributed by atoms with Crippen LogP contribution in [0.15, 0.2) is 71.3 Å². The molecular weight excluding hydrogens is 409 g/mol. The third-order valence-corrected chi connectivity index (χ3v) is 5.24. The molecule has 0 aliphatic heterocycles. The zero-order valence-electron chi connectivity index (χ0n) is 17.3. The van der Waals surface area contributed by atoms with E-state index in [-0.39, 0.29) is 22.5 Å². The third-order valence-electron chi connectivity index (χ3n) is 5.24. The van der Waals surface area contributed by atoms with Crippen molar-refractivity contribution < 1.29 is 13.7 Å². The van der Waals surface area contributed by atoms with E-state index >= 15 is 0 Å². The number of carbonyl (C=O) groups excluding carboxylic acids is 1. The predicted octanol–water partition coefficient (Wildman–Crippen LogP) is 4.99. The molecule has 0 saturated carbocycles. The summed E-state index contributed by atoms with van der Waals surface area (Å²) in [6.07, 6.45) is 0. The summed E-state index contributed by atoms with van der Waals surface area (Å²) in [5.74, 6) is -0.465. The summed E-state index contributed by atoms with van der Waals surface area (Å²) in [4.78, 5) is 17.8. The number of halogens is 1. The van der Waals surface area contributed by atoms with Crippen LogP contribution in [0, 0.1) is 12.7 Å². The van der Waals surface area contributed by atoms with Crippen LogP contribution in [-0.2, 0) is 7.05 Å². The van der Waals surface area contributed by atoms with Gasteiger partial charge in [-0.2, -0.15) is 5.10 Å². The van der Waals surface area contributed by atoms with Crippen molar-refractivity contribution in [2.75, 3.05) is 5.32 Å². The fourth-order valence-corrected chi connectivity index (χ4v) is 3.54. The van der Waals surface area contributed by atoms with Gasteiger partial charge in [0.2, 0.25) is 0 Å². The zero-order valence-corrected chi connectivity index (χ0v) is 17.3. The maximum absolute atomic E-state index is 14.5. The Morgan fingerprint density at radius 3 is 2.53 bits per heavy atom. The SMILES string of the molecule is Cc1cc(NC(=O)c2cc(-c3ccccc3F)nc3onc(-c4ccccc4)c23)nn1C. The monoisotopic (exact) mass is 427 g/mol. The molecule has 3 heterocycles. The quantitative estimate of drug-likeness (QED) is 0.437. The number of anilines is 1. The van der Waals surface area contributed by atoms with Gasteiger partial charge in [-0.25, -0.2) is 9.37 Å². The van der Waals surface area contributed by atoms with Gasteiger partial charge < -0.3 is 9.84 Å². The number of hydrogen-bond acceptors (Lipinski definition) is 5. The minimum absolute atomic E-state index is 0.145. The number of aromatic nitrogens is 4. The molecule has 1 amide bonds. The zero-order chi connectivity index (χ0) is 22.2. The molecule has 0 spiro atoms. The smallest absolute Gasteiger partial charge is 0.259 e. The van der Waals surface area contributed by atoms with Crippen LogP contribution in [-0.4, -0.2) is 25.8 Å². The highest BCUT2D eigenvalue weighted by Crippen LogP contribution is 2.33. The summed E-state index contributed by atoms with van der Waals surface area (Å²) in [7, 11) is 1.79. The summed E-state index contributed by atoms with van der Waals surface area (Å²) < 4.78 is 21.6. The lowest BCUT2D eigenvalue weighted by molar-refractivity contribution is 0.102. The number of carbonyl (C=O) groups is 1. The van der Waals surface area contributed by atoms with E-state index in [1.165, 1.54) is 6.07 Å². The Labute approximate surface area is 182 Å². The van der Waals surface area contributed by atoms with Crippen LogP contribution in [0.2, 0.25) is 0 Å². The van der Waals surface area contributed by atoms with Gasteiger partial charge >= 0.3 is 0 Å². The predicted molar refractivity (Wildman–Crippen MR) is 119 cm³/mol. The Balaban J connectivity index is 1.70. The van der Waals surface area contributed by atoms with Crippen molar-refractivity contribution >= 4 is 22.8 Å². The lowest BCUT2D eigenvalue weighted by Crippen LogP contribution is -2.14. The summed E-state index contributed by atoms with van der Waals surface area (Å²) in [6.45, 7) is 1.89. The molecule has 0 atom stereocenters. The van der Waals surface area contributed by atoms with Crippen molar-refractivity contribution in [2.45, 2.75) is 6.92 Å². The van der Waals surface area contributed by atoms with Gasteiger partial charge in [0.1, 0.15) is 11.5 Å². The number of nitrogens with one attached hydrogen (secondary N) is 1. The van der Waals surface area contributed by atoms with E-state index < -0.39 is 11.7 Å². The molecule has 5 rings (SSSR count). The first-order chi connectivity index (χ1) is 15.5. The molecule has 0 aliphatic carbocycles. The molecule has 0 fully saturated rings. The summed E-state index contributed by atoms with van der Waals surface area (Å²) in [6, 6.07) is 18.9. The number of benzene rings is 2. The number of nitrogens with zero attached hydrogens (tertiary/aromatic N) is 4. The van der Waals surface area contributed by atoms with E-state index in [1.54, 1.807) is 42.1 Å². The van der Waals surface area contributed by atoms with Gasteiger partial charge in [-0.15, -0.1) is 0 Å². The second-order valence-corrected chi connectivity index (χ2v) is 7.36. The van der Waals surface area contributed by atoms with E-state index in [2.05, 4.69) is 20.6 Å². The second-order valence-electron chi connectivity index (χ2n) is 7.36. The number of aryl methyl sites for hydroxylation is 2. The first kappa shape index (κ1) is 19.6. The van der Waals surface area contributed by atoms with Crippen molar-refractivity contribution in [2.24, 2.45) is 7.05 Å². The van der Waals surface area contributed by atoms with Crippen LogP contribution in [0.5, 0.6) is 0 Å². The highest BCUT2D eigenvalue weighted by atomic mass is 19.1. The number of pyridine rings is 1. The lowest BCUT2D eigenvalue weighted by atomic mass is 10.0. The van der Waals surface area contributed by atoms with Crippen molar-refractivity contribution in [3.8, 4) is 22.5 Å². The average molecular weight is 427 g/mol. The van der Waals surface area contributed by atoms with Gasteiger partial charge in [0.05, 0.1) is 16.6 Å². The largest absolute Gasteiger partial charge is 0.335 e. The summed E-state index contributed by atoms with van der Waals surface area (Å²) in [5, 5.41) is 11.7. The molecule has 32 heavy (non-hydrogen) atoms. The van der Waals surface area contributed by atoms with E-state index in [0.717, 1.165) is 11.3 Å². The summed E-state index contributed by atoms with van der Waals surface area (Å²) >= 11 is 0. The number of rotatable bonds is 4. The molecular formula is C24H18FN5O2. The molecule has 0 unspecified atom stereocenters. The first-order valence-electron chi connectivity index (χ1n) is 9.94. The topological polar surface area (TPSA) is 85.8 Å². The molecule has 7 nitrogen and oxygen atoms in total. The third kappa shape index (κ3) is 3.41. The van der Waals surface area contributed by atoms with Crippen LogP contribution in [0.3, 0.4) is 0 Å². The normalized spacial score (nSPS) is 11.1. The van der Waals surface area contributed by atoms with E-state index in [1.807, 2.05) is 37.3 Å². The highest BCUT2D eigenvalue weighted by molar-refractivity contribution is 6.15. The molecule has 3 aromatic heterocycles. The van der Waals surface area contributed by atoms with Crippen LogP contribution >= 0.6 is 0 Å². The van der Waals surface area contributed by atoms with Crippen LogP contribution in [0.1, 0.15) is 16.1 Å². The van der Waals surface area contributed by atoms with Gasteiger partial charge in [0.15, 0.2) is 5.82 Å². The Hall–Kier alpha value is -4.33. The van der Waals surface area contributed by atoms with Gasteiger partial charge in [0, 0.05) is 29.9 Å². The average Bonchev–Trinajstić information content (AvgIpc) is 3.36. The first-order valence-corrected chi connectivity index (χ1v) is 9.94. The summed E-state index contributed by atoms with van der Waals surface area (Å²) in [5.41, 5.74) is 3.08. The molecule has 0 aliphatic rings. The minimum Gasteiger partial charge on any atom is -0.335 e. The Morgan fingerprint density at radius 1 is 1.06 bits per heavy atom. The molecule has 8 heteroatoms. The van der Waals surface area contributed by atoms with Gasteiger partial charge in [-0.05, 0) is 25.1 Å². The number of amides is 1. The van der Waals surface area contributed by atoms with Gasteiger partial charge in [-0.3, -0.25) is 9.48 Å². The highest BCUT2D eigenvalue weighted by Gasteiger charge is 2.23. The lowest BCUT2D eigenvalue weighted by Gasteiger charge is -2.08. The maximum Gasteiger partial charge on any atom is 0.259 e. The Kier molecular flexibility index (Phi) is 4.74. The second kappa shape index (κ2) is 7.73. The molecule has 1 N–H and O–H groups in total. The number of fused-ring (bicyclic) bond motifs is 1. The van der Waals surface area contributed by atoms with Gasteiger partial charge in [0.25, 0.3) is 11.6 Å². The van der Waals surface area contributed by atoms with Crippen molar-refractivity contribution in [1.82, 2.24) is 19.9 Å². The fraction of sp³-hybridized carbons (Fsp3) is 0.0833. The molecule has 2 aromatic carbocycles. The van der Waals surface area contributed by atoms with Gasteiger partial charge in [-0.1, -0.05) is 47.6 Å². The minimum atomic E-state index is -0.450. The molecule has 0 saturated heterocycles. The van der Waals surface area contributed by atoms with Crippen molar-refractivity contribution in [3.63, 3.8) is 0 Å². The van der Waals surface area contributed by atoms with E-state index in [0.29, 0.717) is 16.9 Å². The Bertz CT molecular complexity index is 1440. The fourth-order valence-electron chi connectivity index (χ4n) is 3.54. The standard InChI is InChI=1S/C24H18FN5O2/c1-14-12-20(28-30(14)2)27-23(31)17-13-19(16-10-6-7-11-18(16)25)26-24-21(17)22(29-32-24)15-8-4-3-5-9-15/h3-13H,1-2H3,(H,27,28,31). The van der Waals surface area contributed by atoms with Crippen LogP contribution in [0.4, 0.5) is 10.2 Å². The van der Waals surface area contributed by atoms with Crippen LogP contribution in [0.25, 0.3) is 33.6 Å². The maximum atomic E-state index is 14.5. The molecule has 0 bridgehead atoms. The molecule has 5 aromatic rings. The molecule has 0 radical (unpaired) electrons. The number of hydrogen-bond donors (Lipinski definition) is 1. The van der Waals surface area contributed by atoms with Crippen LogP contribution < -0.4 is 5.32 Å². The van der Waals surface area contributed by atoms with Crippen molar-refractivity contribution in [1.29, 1.82) is 0 Å². The van der Waals surface area contributed by atoms with Crippen molar-refractivity contribution in [3.05, 3.63) is 83.8 Å². The Morgan fingerprint density at radius 2 is 1.81 bits per heavy atom. The van der Waals surface area contributed by atoms with E-state index in [9.17, 15) is 9.18 Å². The van der Waals surface area contributed by atoms with E-state index in [4.69, 9.17) is 4.52 Å².